The van der Waals surface area contributed by atoms with Gasteiger partial charge in [0.2, 0.25) is 0 Å². The lowest BCUT2D eigenvalue weighted by Crippen LogP contribution is -2.41. The molecule has 1 heterocycles. The Morgan fingerprint density at radius 3 is 2.57 bits per heavy atom. The summed E-state index contributed by atoms with van der Waals surface area (Å²) in [5.41, 5.74) is 3.54. The molecule has 1 saturated heterocycles. The van der Waals surface area contributed by atoms with Crippen LogP contribution in [0.25, 0.3) is 0 Å². The van der Waals surface area contributed by atoms with E-state index >= 15 is 0 Å². The molecule has 0 radical (unpaired) electrons. The number of hydrogen-bond acceptors (Lipinski definition) is 3. The van der Waals surface area contributed by atoms with Crippen LogP contribution in [0.4, 0.5) is 0 Å². The lowest BCUT2D eigenvalue weighted by Gasteiger charge is -2.33. The van der Waals surface area contributed by atoms with E-state index < -0.39 is 0 Å². The fraction of sp³-hybridized carbons (Fsp3) is 0.440. The molecular formula is C25H32N2O3. The smallest absolute Gasteiger partial charge is 0.254 e. The summed E-state index contributed by atoms with van der Waals surface area (Å²) >= 11 is 0. The number of rotatable bonds is 6. The predicted molar refractivity (Wildman–Crippen MR) is 119 cm³/mol. The van der Waals surface area contributed by atoms with Gasteiger partial charge in [-0.3, -0.25) is 9.59 Å². The summed E-state index contributed by atoms with van der Waals surface area (Å²) in [7, 11) is 0. The second-order valence-corrected chi connectivity index (χ2v) is 8.54. The molecule has 1 N–H and O–H groups in total. The lowest BCUT2D eigenvalue weighted by molar-refractivity contribution is 0.0632. The van der Waals surface area contributed by atoms with Crippen LogP contribution in [0.3, 0.4) is 0 Å². The zero-order valence-corrected chi connectivity index (χ0v) is 18.4. The van der Waals surface area contributed by atoms with Crippen molar-refractivity contribution >= 4 is 11.8 Å². The molecule has 1 atom stereocenters. The number of carbonyl (C=O) groups is 2. The average molecular weight is 409 g/mol. The third-order valence-corrected chi connectivity index (χ3v) is 5.45. The summed E-state index contributed by atoms with van der Waals surface area (Å²) in [6, 6.07) is 13.4. The van der Waals surface area contributed by atoms with Crippen LogP contribution >= 0.6 is 0 Å². The molecule has 0 aliphatic carbocycles. The Morgan fingerprint density at radius 2 is 1.87 bits per heavy atom. The van der Waals surface area contributed by atoms with Crippen LogP contribution in [0.1, 0.15) is 58.5 Å². The SMILES string of the molecule is Cc1ccc(C)c(C(=O)N2CCCC(COc3ccc(C(=O)NC(C)C)cc3)C2)c1. The Balaban J connectivity index is 1.56. The second-order valence-electron chi connectivity index (χ2n) is 8.54. The summed E-state index contributed by atoms with van der Waals surface area (Å²) < 4.78 is 5.97. The maximum absolute atomic E-state index is 13.0. The van der Waals surface area contributed by atoms with Gasteiger partial charge in [-0.2, -0.15) is 0 Å². The number of ether oxygens (including phenoxy) is 1. The van der Waals surface area contributed by atoms with Gasteiger partial charge in [0.15, 0.2) is 0 Å². The molecule has 0 bridgehead atoms. The number of aryl methyl sites for hydroxylation is 2. The molecule has 160 valence electrons. The molecule has 0 aromatic heterocycles. The highest BCUT2D eigenvalue weighted by Gasteiger charge is 2.26. The molecular weight excluding hydrogens is 376 g/mol. The first-order valence-electron chi connectivity index (χ1n) is 10.7. The molecule has 3 rings (SSSR count). The number of likely N-dealkylation sites (tertiary alicyclic amines) is 1. The Kier molecular flexibility index (Phi) is 7.14. The maximum Gasteiger partial charge on any atom is 0.254 e. The standard InChI is InChI=1S/C25H32N2O3/c1-17(2)26-24(28)21-9-11-22(12-10-21)30-16-20-6-5-13-27(15-20)25(29)23-14-18(3)7-8-19(23)4/h7-12,14,17,20H,5-6,13,15-16H2,1-4H3,(H,26,28). The van der Waals surface area contributed by atoms with Gasteiger partial charge in [-0.05, 0) is 76.4 Å². The number of nitrogens with one attached hydrogen (secondary N) is 1. The van der Waals surface area contributed by atoms with Crippen molar-refractivity contribution in [1.82, 2.24) is 10.2 Å². The largest absolute Gasteiger partial charge is 0.493 e. The molecule has 2 aromatic carbocycles. The molecule has 1 fully saturated rings. The number of carbonyl (C=O) groups excluding carboxylic acids is 2. The first-order valence-corrected chi connectivity index (χ1v) is 10.7. The van der Waals surface area contributed by atoms with E-state index in [1.165, 1.54) is 0 Å². The van der Waals surface area contributed by atoms with Crippen LogP contribution in [0.2, 0.25) is 0 Å². The van der Waals surface area contributed by atoms with Gasteiger partial charge in [0.25, 0.3) is 11.8 Å². The van der Waals surface area contributed by atoms with Gasteiger partial charge < -0.3 is 15.0 Å². The Morgan fingerprint density at radius 1 is 1.13 bits per heavy atom. The van der Waals surface area contributed by atoms with Gasteiger partial charge in [-0.25, -0.2) is 0 Å². The maximum atomic E-state index is 13.0. The van der Waals surface area contributed by atoms with E-state index in [1.54, 1.807) is 12.1 Å². The van der Waals surface area contributed by atoms with Crippen LogP contribution < -0.4 is 10.1 Å². The number of hydrogen-bond donors (Lipinski definition) is 1. The summed E-state index contributed by atoms with van der Waals surface area (Å²) in [6.07, 6.45) is 2.03. The van der Waals surface area contributed by atoms with E-state index in [1.807, 2.05) is 62.9 Å². The molecule has 2 amide bonds. The van der Waals surface area contributed by atoms with Crippen LogP contribution in [0, 0.1) is 19.8 Å². The summed E-state index contributed by atoms with van der Waals surface area (Å²) in [4.78, 5) is 27.0. The summed E-state index contributed by atoms with van der Waals surface area (Å²) in [5.74, 6) is 1.08. The second kappa shape index (κ2) is 9.79. The zero-order chi connectivity index (χ0) is 21.7. The monoisotopic (exact) mass is 408 g/mol. The molecule has 5 heteroatoms. The summed E-state index contributed by atoms with van der Waals surface area (Å²) in [5, 5.41) is 2.88. The number of amides is 2. The number of nitrogens with zero attached hydrogens (tertiary/aromatic N) is 1. The van der Waals surface area contributed by atoms with E-state index in [4.69, 9.17) is 4.74 Å². The Hall–Kier alpha value is -2.82. The van der Waals surface area contributed by atoms with Gasteiger partial charge >= 0.3 is 0 Å². The predicted octanol–water partition coefficient (Wildman–Crippen LogP) is 4.37. The fourth-order valence-corrected chi connectivity index (χ4v) is 3.78. The quantitative estimate of drug-likeness (QED) is 0.772. The molecule has 2 aromatic rings. The molecule has 1 aliphatic heterocycles. The average Bonchev–Trinajstić information content (AvgIpc) is 2.73. The normalized spacial score (nSPS) is 16.4. The Labute approximate surface area is 179 Å². The highest BCUT2D eigenvalue weighted by atomic mass is 16.5. The highest BCUT2D eigenvalue weighted by molar-refractivity contribution is 5.96. The third kappa shape index (κ3) is 5.62. The minimum absolute atomic E-state index is 0.0792. The minimum Gasteiger partial charge on any atom is -0.493 e. The van der Waals surface area contributed by atoms with Gasteiger partial charge in [0, 0.05) is 36.2 Å². The third-order valence-electron chi connectivity index (χ3n) is 5.45. The first kappa shape index (κ1) is 21.9. The zero-order valence-electron chi connectivity index (χ0n) is 18.4. The van der Waals surface area contributed by atoms with Gasteiger partial charge in [0.1, 0.15) is 5.75 Å². The van der Waals surface area contributed by atoms with Crippen molar-refractivity contribution in [3.8, 4) is 5.75 Å². The van der Waals surface area contributed by atoms with Crippen molar-refractivity contribution in [2.75, 3.05) is 19.7 Å². The number of benzene rings is 2. The molecule has 30 heavy (non-hydrogen) atoms. The molecule has 5 nitrogen and oxygen atoms in total. The van der Waals surface area contributed by atoms with Gasteiger partial charge in [-0.1, -0.05) is 17.7 Å². The molecule has 0 spiro atoms. The Bertz CT molecular complexity index is 890. The molecule has 0 saturated carbocycles. The molecule has 1 unspecified atom stereocenters. The highest BCUT2D eigenvalue weighted by Crippen LogP contribution is 2.22. The van der Waals surface area contributed by atoms with Crippen molar-refractivity contribution in [1.29, 1.82) is 0 Å². The minimum atomic E-state index is -0.0792. The van der Waals surface area contributed by atoms with Crippen LogP contribution in [-0.4, -0.2) is 42.5 Å². The van der Waals surface area contributed by atoms with E-state index in [0.717, 1.165) is 41.8 Å². The van der Waals surface area contributed by atoms with E-state index in [2.05, 4.69) is 5.32 Å². The first-order chi connectivity index (χ1) is 14.3. The van der Waals surface area contributed by atoms with Crippen molar-refractivity contribution in [3.05, 3.63) is 64.7 Å². The van der Waals surface area contributed by atoms with Crippen molar-refractivity contribution in [3.63, 3.8) is 0 Å². The fourth-order valence-electron chi connectivity index (χ4n) is 3.78. The lowest BCUT2D eigenvalue weighted by atomic mass is 9.97. The van der Waals surface area contributed by atoms with E-state index in [9.17, 15) is 9.59 Å². The van der Waals surface area contributed by atoms with E-state index in [-0.39, 0.29) is 17.9 Å². The van der Waals surface area contributed by atoms with Crippen LogP contribution in [0.5, 0.6) is 5.75 Å². The topological polar surface area (TPSA) is 58.6 Å². The van der Waals surface area contributed by atoms with Crippen LogP contribution in [-0.2, 0) is 0 Å². The van der Waals surface area contributed by atoms with Crippen molar-refractivity contribution in [2.45, 2.75) is 46.6 Å². The van der Waals surface area contributed by atoms with Gasteiger partial charge in [-0.15, -0.1) is 0 Å². The van der Waals surface area contributed by atoms with E-state index in [0.29, 0.717) is 24.6 Å². The van der Waals surface area contributed by atoms with Crippen molar-refractivity contribution in [2.24, 2.45) is 5.92 Å². The van der Waals surface area contributed by atoms with Crippen LogP contribution in [0.15, 0.2) is 42.5 Å². The van der Waals surface area contributed by atoms with Crippen molar-refractivity contribution < 1.29 is 14.3 Å². The summed E-state index contributed by atoms with van der Waals surface area (Å²) in [6.45, 7) is 9.95. The molecule has 1 aliphatic rings. The van der Waals surface area contributed by atoms with Gasteiger partial charge in [0.05, 0.1) is 6.61 Å². The number of piperidine rings is 1.